The molecule has 1 fully saturated rings. The fraction of sp³-hybridized carbons (Fsp3) is 0.320. The summed E-state index contributed by atoms with van der Waals surface area (Å²) < 4.78 is 5.66. The Bertz CT molecular complexity index is 1010. The van der Waals surface area contributed by atoms with E-state index in [4.69, 9.17) is 4.74 Å². The lowest BCUT2D eigenvalue weighted by atomic mass is 10.0. The van der Waals surface area contributed by atoms with E-state index in [1.165, 1.54) is 4.90 Å². The molecule has 32 heavy (non-hydrogen) atoms. The van der Waals surface area contributed by atoms with Crippen LogP contribution in [-0.2, 0) is 9.59 Å². The molecule has 1 aromatic heterocycles. The van der Waals surface area contributed by atoms with Crippen molar-refractivity contribution in [3.05, 3.63) is 72.6 Å². The maximum Gasteiger partial charge on any atom is 0.278 e. The Morgan fingerprint density at radius 2 is 1.72 bits per heavy atom. The Balaban J connectivity index is 1.61. The zero-order chi connectivity index (χ0) is 22.5. The number of amides is 2. The summed E-state index contributed by atoms with van der Waals surface area (Å²) in [6.45, 7) is 9.29. The third-order valence-corrected chi connectivity index (χ3v) is 5.64. The van der Waals surface area contributed by atoms with Crippen LogP contribution in [0, 0.1) is 0 Å². The van der Waals surface area contributed by atoms with Crippen molar-refractivity contribution in [3.63, 3.8) is 0 Å². The molecule has 2 amide bonds. The second kappa shape index (κ2) is 9.68. The van der Waals surface area contributed by atoms with Crippen LogP contribution in [-0.4, -0.2) is 65.9 Å². The summed E-state index contributed by atoms with van der Waals surface area (Å²) in [5.74, 6) is 1.13. The van der Waals surface area contributed by atoms with Gasteiger partial charge in [-0.2, -0.15) is 0 Å². The van der Waals surface area contributed by atoms with Crippen LogP contribution in [0.15, 0.2) is 67.0 Å². The number of pyridine rings is 1. The minimum atomic E-state index is -0.278. The number of imide groups is 1. The highest BCUT2D eigenvalue weighted by Crippen LogP contribution is 2.33. The van der Waals surface area contributed by atoms with Crippen LogP contribution < -0.4 is 9.64 Å². The van der Waals surface area contributed by atoms with Crippen molar-refractivity contribution in [2.45, 2.75) is 13.3 Å². The Morgan fingerprint density at radius 3 is 2.34 bits per heavy atom. The Labute approximate surface area is 188 Å². The minimum Gasteiger partial charge on any atom is -0.494 e. The second-order valence-electron chi connectivity index (χ2n) is 7.77. The second-order valence-corrected chi connectivity index (χ2v) is 7.77. The van der Waals surface area contributed by atoms with Gasteiger partial charge in [0.05, 0.1) is 12.2 Å². The van der Waals surface area contributed by atoms with E-state index in [0.717, 1.165) is 36.6 Å². The molecule has 3 heterocycles. The quantitative estimate of drug-likeness (QED) is 0.472. The molecule has 2 aliphatic heterocycles. The van der Waals surface area contributed by atoms with Gasteiger partial charge in [-0.25, -0.2) is 4.98 Å². The zero-order valence-electron chi connectivity index (χ0n) is 18.4. The van der Waals surface area contributed by atoms with Gasteiger partial charge in [0, 0.05) is 38.9 Å². The topological polar surface area (TPSA) is 66.0 Å². The number of carbonyl (C=O) groups excluding carboxylic acids is 2. The van der Waals surface area contributed by atoms with Crippen molar-refractivity contribution < 1.29 is 14.3 Å². The van der Waals surface area contributed by atoms with Gasteiger partial charge in [0.25, 0.3) is 11.8 Å². The Kier molecular flexibility index (Phi) is 6.54. The highest BCUT2D eigenvalue weighted by atomic mass is 16.5. The van der Waals surface area contributed by atoms with Crippen LogP contribution in [0.5, 0.6) is 5.75 Å². The van der Waals surface area contributed by atoms with E-state index >= 15 is 0 Å². The molecular weight excluding hydrogens is 404 g/mol. The van der Waals surface area contributed by atoms with E-state index in [9.17, 15) is 9.59 Å². The number of ether oxygens (including phenoxy) is 1. The number of hydrogen-bond donors (Lipinski definition) is 0. The number of piperazine rings is 1. The first-order valence-electron chi connectivity index (χ1n) is 11.0. The lowest BCUT2D eigenvalue weighted by Gasteiger charge is -2.37. The van der Waals surface area contributed by atoms with Gasteiger partial charge < -0.3 is 14.5 Å². The highest BCUT2D eigenvalue weighted by molar-refractivity contribution is 6.35. The first-order valence-corrected chi connectivity index (χ1v) is 11.0. The van der Waals surface area contributed by atoms with Crippen LogP contribution in [0.2, 0.25) is 0 Å². The van der Waals surface area contributed by atoms with Crippen LogP contribution in [0.25, 0.3) is 5.57 Å². The number of hydrogen-bond acceptors (Lipinski definition) is 6. The van der Waals surface area contributed by atoms with Crippen molar-refractivity contribution in [3.8, 4) is 5.75 Å². The third kappa shape index (κ3) is 4.23. The molecule has 0 spiro atoms. The summed E-state index contributed by atoms with van der Waals surface area (Å²) in [6, 6.07) is 13.3. The van der Waals surface area contributed by atoms with Gasteiger partial charge in [0.2, 0.25) is 0 Å². The van der Waals surface area contributed by atoms with Crippen molar-refractivity contribution in [2.24, 2.45) is 0 Å². The maximum absolute atomic E-state index is 13.3. The van der Waals surface area contributed by atoms with Crippen molar-refractivity contribution in [2.75, 3.05) is 44.2 Å². The molecule has 0 saturated carbocycles. The molecule has 0 unspecified atom stereocenters. The summed E-state index contributed by atoms with van der Waals surface area (Å²) in [5, 5.41) is 0. The number of carbonyl (C=O) groups is 2. The van der Waals surface area contributed by atoms with E-state index in [-0.39, 0.29) is 18.4 Å². The van der Waals surface area contributed by atoms with Crippen LogP contribution >= 0.6 is 0 Å². The van der Waals surface area contributed by atoms with E-state index in [1.807, 2.05) is 47.4 Å². The molecule has 0 N–H and O–H groups in total. The molecule has 0 aliphatic carbocycles. The van der Waals surface area contributed by atoms with E-state index in [2.05, 4.69) is 23.4 Å². The molecule has 0 atom stereocenters. The van der Waals surface area contributed by atoms with Gasteiger partial charge in [-0.05, 0) is 36.2 Å². The predicted octanol–water partition coefficient (Wildman–Crippen LogP) is 2.96. The molecule has 2 aromatic rings. The van der Waals surface area contributed by atoms with Gasteiger partial charge in [-0.1, -0.05) is 31.2 Å². The van der Waals surface area contributed by atoms with E-state index in [0.29, 0.717) is 31.0 Å². The average Bonchev–Trinajstić information content (AvgIpc) is 3.09. The molecule has 0 radical (unpaired) electrons. The fourth-order valence-corrected chi connectivity index (χ4v) is 4.05. The summed E-state index contributed by atoms with van der Waals surface area (Å²) in [4.78, 5) is 36.4. The third-order valence-electron chi connectivity index (χ3n) is 5.64. The van der Waals surface area contributed by atoms with Crippen molar-refractivity contribution in [1.29, 1.82) is 0 Å². The number of aromatic nitrogens is 1. The lowest BCUT2D eigenvalue weighted by Crippen LogP contribution is -2.47. The Hall–Kier alpha value is -3.61. The van der Waals surface area contributed by atoms with Gasteiger partial charge in [0.15, 0.2) is 0 Å². The van der Waals surface area contributed by atoms with Gasteiger partial charge in [-0.15, -0.1) is 6.58 Å². The normalized spacial score (nSPS) is 16.7. The highest BCUT2D eigenvalue weighted by Gasteiger charge is 2.41. The molecule has 4 rings (SSSR count). The number of benzene rings is 1. The fourth-order valence-electron chi connectivity index (χ4n) is 4.05. The standard InChI is InChI=1S/C25H28N4O3/c1-3-13-29-24(30)22(19-8-10-20(11-9-19)32-18-4-2)23(25(29)31)28-16-14-27(15-17-28)21-7-5-6-12-26-21/h3,5-12H,1,4,13-18H2,2H3. The minimum absolute atomic E-state index is 0.191. The zero-order valence-corrected chi connectivity index (χ0v) is 18.4. The molecule has 7 nitrogen and oxygen atoms in total. The largest absolute Gasteiger partial charge is 0.494 e. The summed E-state index contributed by atoms with van der Waals surface area (Å²) in [7, 11) is 0. The van der Waals surface area contributed by atoms with Crippen molar-refractivity contribution >= 4 is 23.2 Å². The van der Waals surface area contributed by atoms with Gasteiger partial charge in [-0.3, -0.25) is 14.5 Å². The van der Waals surface area contributed by atoms with Crippen LogP contribution in [0.3, 0.4) is 0 Å². The molecular formula is C25H28N4O3. The molecule has 2 aliphatic rings. The average molecular weight is 433 g/mol. The molecule has 1 saturated heterocycles. The van der Waals surface area contributed by atoms with E-state index < -0.39 is 0 Å². The van der Waals surface area contributed by atoms with E-state index in [1.54, 1.807) is 12.3 Å². The van der Waals surface area contributed by atoms with Crippen molar-refractivity contribution in [1.82, 2.24) is 14.8 Å². The lowest BCUT2D eigenvalue weighted by molar-refractivity contribution is -0.136. The molecule has 0 bridgehead atoms. The summed E-state index contributed by atoms with van der Waals surface area (Å²) in [5.41, 5.74) is 1.64. The van der Waals surface area contributed by atoms with Gasteiger partial charge >= 0.3 is 0 Å². The summed E-state index contributed by atoms with van der Waals surface area (Å²) >= 11 is 0. The maximum atomic E-state index is 13.3. The Morgan fingerprint density at radius 1 is 1.00 bits per heavy atom. The molecule has 1 aromatic carbocycles. The van der Waals surface area contributed by atoms with Gasteiger partial charge in [0.1, 0.15) is 17.3 Å². The van der Waals surface area contributed by atoms with Crippen LogP contribution in [0.4, 0.5) is 5.82 Å². The smallest absolute Gasteiger partial charge is 0.278 e. The number of rotatable bonds is 8. The summed E-state index contributed by atoms with van der Waals surface area (Å²) in [6.07, 6.45) is 4.28. The SMILES string of the molecule is C=CCN1C(=O)C(c2ccc(OCCC)cc2)=C(N2CCN(c3ccccn3)CC2)C1=O. The first kappa shape index (κ1) is 21.6. The monoisotopic (exact) mass is 432 g/mol. The predicted molar refractivity (Wildman–Crippen MR) is 124 cm³/mol. The molecule has 7 heteroatoms. The first-order chi connectivity index (χ1) is 15.6. The molecule has 166 valence electrons. The van der Waals surface area contributed by atoms with Crippen LogP contribution in [0.1, 0.15) is 18.9 Å². The number of nitrogens with zero attached hydrogens (tertiary/aromatic N) is 4. The number of anilines is 1.